The number of terminal acetylenes is 1. The smallest absolute Gasteiger partial charge is 0.350 e. The summed E-state index contributed by atoms with van der Waals surface area (Å²) < 4.78 is 23.3. The van der Waals surface area contributed by atoms with Gasteiger partial charge in [0, 0.05) is 25.7 Å². The van der Waals surface area contributed by atoms with E-state index >= 15 is 0 Å². The van der Waals surface area contributed by atoms with Crippen molar-refractivity contribution in [3.63, 3.8) is 0 Å². The summed E-state index contributed by atoms with van der Waals surface area (Å²) >= 11 is 0. The lowest BCUT2D eigenvalue weighted by molar-refractivity contribution is -0.222. The van der Waals surface area contributed by atoms with Gasteiger partial charge in [0.2, 0.25) is 0 Å². The summed E-state index contributed by atoms with van der Waals surface area (Å²) in [5, 5.41) is 2.62. The number of carbonyl (C=O) groups is 2. The molecule has 2 rings (SSSR count). The van der Waals surface area contributed by atoms with E-state index < -0.39 is 23.5 Å². The monoisotopic (exact) mass is 289 g/mol. The number of cyclic esters (lactones) is 2. The maximum Gasteiger partial charge on any atom is 0.350 e. The minimum atomic E-state index is -1.30. The van der Waals surface area contributed by atoms with E-state index in [1.807, 2.05) is 0 Å². The normalized spacial score (nSPS) is 16.6. The molecule has 0 bridgehead atoms. The molecule has 1 fully saturated rings. The number of nitrogens with one attached hydrogen (secondary N) is 1. The molecule has 0 amide bonds. The van der Waals surface area contributed by atoms with Crippen LogP contribution in [0.25, 0.3) is 0 Å². The van der Waals surface area contributed by atoms with Gasteiger partial charge in [0.15, 0.2) is 5.57 Å². The Hall–Kier alpha value is -2.81. The molecule has 6 heteroatoms. The van der Waals surface area contributed by atoms with Crippen molar-refractivity contribution < 1.29 is 23.5 Å². The molecule has 5 nitrogen and oxygen atoms in total. The van der Waals surface area contributed by atoms with Crippen LogP contribution < -0.4 is 5.32 Å². The van der Waals surface area contributed by atoms with Gasteiger partial charge in [-0.25, -0.2) is 14.0 Å². The Labute approximate surface area is 120 Å². The quantitative estimate of drug-likeness (QED) is 0.390. The second kappa shape index (κ2) is 5.29. The van der Waals surface area contributed by atoms with Gasteiger partial charge in [-0.1, -0.05) is 5.92 Å². The zero-order valence-corrected chi connectivity index (χ0v) is 11.4. The van der Waals surface area contributed by atoms with Crippen LogP contribution in [0, 0.1) is 18.2 Å². The van der Waals surface area contributed by atoms with Crippen LogP contribution in [0.5, 0.6) is 0 Å². The van der Waals surface area contributed by atoms with Gasteiger partial charge in [-0.15, -0.1) is 6.42 Å². The fourth-order valence-corrected chi connectivity index (χ4v) is 1.66. The molecule has 1 heterocycles. The molecule has 0 radical (unpaired) electrons. The average Bonchev–Trinajstić information content (AvgIpc) is 2.36. The van der Waals surface area contributed by atoms with Crippen molar-refractivity contribution in [2.45, 2.75) is 19.6 Å². The minimum absolute atomic E-state index is 0.117. The molecule has 1 saturated heterocycles. The lowest BCUT2D eigenvalue weighted by Gasteiger charge is -2.29. The Morgan fingerprint density at radius 1 is 1.29 bits per heavy atom. The van der Waals surface area contributed by atoms with Crippen molar-refractivity contribution in [1.82, 2.24) is 0 Å². The van der Waals surface area contributed by atoms with E-state index in [0.717, 1.165) is 12.3 Å². The highest BCUT2D eigenvalue weighted by atomic mass is 19.1. The molecule has 21 heavy (non-hydrogen) atoms. The summed E-state index contributed by atoms with van der Waals surface area (Å²) in [5.41, 5.74) is 0.131. The summed E-state index contributed by atoms with van der Waals surface area (Å²) in [6.45, 7) is 2.89. The Bertz CT molecular complexity index is 663. The van der Waals surface area contributed by atoms with Crippen molar-refractivity contribution in [2.75, 3.05) is 5.32 Å². The van der Waals surface area contributed by atoms with Crippen molar-refractivity contribution in [3.05, 3.63) is 41.4 Å². The molecule has 0 atom stereocenters. The lowest BCUT2D eigenvalue weighted by Crippen LogP contribution is -2.42. The van der Waals surface area contributed by atoms with Crippen molar-refractivity contribution in [2.24, 2.45) is 0 Å². The van der Waals surface area contributed by atoms with Gasteiger partial charge < -0.3 is 14.8 Å². The highest BCUT2D eigenvalue weighted by molar-refractivity contribution is 6.15. The van der Waals surface area contributed by atoms with Crippen LogP contribution in [-0.4, -0.2) is 17.7 Å². The minimum Gasteiger partial charge on any atom is -0.419 e. The first kappa shape index (κ1) is 14.6. The van der Waals surface area contributed by atoms with Gasteiger partial charge >= 0.3 is 11.9 Å². The molecular formula is C15H12FNO4. The van der Waals surface area contributed by atoms with E-state index in [2.05, 4.69) is 11.2 Å². The van der Waals surface area contributed by atoms with Crippen LogP contribution in [0.15, 0.2) is 30.0 Å². The van der Waals surface area contributed by atoms with Crippen LogP contribution in [-0.2, 0) is 19.1 Å². The topological polar surface area (TPSA) is 64.6 Å². The average molecular weight is 289 g/mol. The number of carbonyl (C=O) groups excluding carboxylic acids is 2. The van der Waals surface area contributed by atoms with Crippen LogP contribution in [0.2, 0.25) is 0 Å². The summed E-state index contributed by atoms with van der Waals surface area (Å²) in [5.74, 6) is -1.33. The standard InChI is InChI=1S/C15H12FNO4/c1-4-9-5-6-10(7-12(9)16)17-8-11-13(18)20-15(2,3)21-14(11)19/h1,5-8,17H,2-3H3. The van der Waals surface area contributed by atoms with Crippen molar-refractivity contribution >= 4 is 17.6 Å². The number of hydrogen-bond donors (Lipinski definition) is 1. The third-order valence-electron chi connectivity index (χ3n) is 2.62. The van der Waals surface area contributed by atoms with E-state index in [-0.39, 0.29) is 11.1 Å². The summed E-state index contributed by atoms with van der Waals surface area (Å²) in [7, 11) is 0. The van der Waals surface area contributed by atoms with E-state index in [9.17, 15) is 14.0 Å². The number of hydrogen-bond acceptors (Lipinski definition) is 5. The summed E-state index contributed by atoms with van der Waals surface area (Å²) in [6.07, 6.45) is 6.21. The fourth-order valence-electron chi connectivity index (χ4n) is 1.66. The van der Waals surface area contributed by atoms with E-state index in [0.29, 0.717) is 5.69 Å². The van der Waals surface area contributed by atoms with Crippen LogP contribution in [0.3, 0.4) is 0 Å². The molecule has 0 aliphatic carbocycles. The fraction of sp³-hybridized carbons (Fsp3) is 0.200. The van der Waals surface area contributed by atoms with E-state index in [1.54, 1.807) is 0 Å². The molecule has 1 aliphatic heterocycles. The first-order chi connectivity index (χ1) is 9.82. The van der Waals surface area contributed by atoms with Crippen LogP contribution in [0.1, 0.15) is 19.4 Å². The predicted molar refractivity (Wildman–Crippen MR) is 72.3 cm³/mol. The molecule has 1 N–H and O–H groups in total. The number of benzene rings is 1. The third kappa shape index (κ3) is 3.20. The van der Waals surface area contributed by atoms with Gasteiger partial charge in [0.05, 0.1) is 5.56 Å². The molecule has 0 saturated carbocycles. The number of rotatable bonds is 2. The van der Waals surface area contributed by atoms with E-state index in [1.165, 1.54) is 26.0 Å². The highest BCUT2D eigenvalue weighted by Crippen LogP contribution is 2.23. The second-order valence-corrected chi connectivity index (χ2v) is 4.72. The largest absolute Gasteiger partial charge is 0.419 e. The Morgan fingerprint density at radius 3 is 2.43 bits per heavy atom. The SMILES string of the molecule is C#Cc1ccc(NC=C2C(=O)OC(C)(C)OC2=O)cc1F. The second-order valence-electron chi connectivity index (χ2n) is 4.72. The molecule has 1 aromatic carbocycles. The summed E-state index contributed by atoms with van der Waals surface area (Å²) in [4.78, 5) is 23.4. The predicted octanol–water partition coefficient (Wildman–Crippen LogP) is 1.94. The first-order valence-electron chi connectivity index (χ1n) is 6.02. The van der Waals surface area contributed by atoms with E-state index in [4.69, 9.17) is 15.9 Å². The Morgan fingerprint density at radius 2 is 1.90 bits per heavy atom. The van der Waals surface area contributed by atoms with Gasteiger partial charge in [0.1, 0.15) is 5.82 Å². The number of halogens is 1. The van der Waals surface area contributed by atoms with Gasteiger partial charge in [-0.2, -0.15) is 0 Å². The van der Waals surface area contributed by atoms with Crippen molar-refractivity contribution in [1.29, 1.82) is 0 Å². The Balaban J connectivity index is 2.18. The van der Waals surface area contributed by atoms with Gasteiger partial charge in [-0.05, 0) is 18.2 Å². The van der Waals surface area contributed by atoms with Gasteiger partial charge in [0.25, 0.3) is 5.79 Å². The molecular weight excluding hydrogens is 277 g/mol. The molecule has 0 unspecified atom stereocenters. The zero-order valence-electron chi connectivity index (χ0n) is 11.4. The molecule has 108 valence electrons. The summed E-state index contributed by atoms with van der Waals surface area (Å²) in [6, 6.07) is 4.06. The zero-order chi connectivity index (χ0) is 15.6. The molecule has 0 aromatic heterocycles. The molecule has 0 spiro atoms. The van der Waals surface area contributed by atoms with Crippen LogP contribution >= 0.6 is 0 Å². The first-order valence-corrected chi connectivity index (χ1v) is 6.02. The number of ether oxygens (including phenoxy) is 2. The lowest BCUT2D eigenvalue weighted by atomic mass is 10.2. The maximum absolute atomic E-state index is 13.5. The highest BCUT2D eigenvalue weighted by Gasteiger charge is 2.38. The van der Waals surface area contributed by atoms with Crippen LogP contribution in [0.4, 0.5) is 10.1 Å². The van der Waals surface area contributed by atoms with Crippen molar-refractivity contribution in [3.8, 4) is 12.3 Å². The molecule has 1 aromatic rings. The Kier molecular flexibility index (Phi) is 3.68. The number of esters is 2. The molecule has 1 aliphatic rings. The maximum atomic E-state index is 13.5. The number of anilines is 1. The third-order valence-corrected chi connectivity index (χ3v) is 2.62. The van der Waals surface area contributed by atoms with Gasteiger partial charge in [-0.3, -0.25) is 0 Å².